The number of carbonyl (C=O) groups is 1. The molecule has 3 aromatic heterocycles. The summed E-state index contributed by atoms with van der Waals surface area (Å²) in [7, 11) is 0. The molecule has 0 saturated heterocycles. The number of fused-ring (bicyclic) bond motifs is 1. The van der Waals surface area contributed by atoms with Crippen LogP contribution in [0.5, 0.6) is 5.75 Å². The van der Waals surface area contributed by atoms with Crippen LogP contribution in [0.3, 0.4) is 0 Å². The highest BCUT2D eigenvalue weighted by atomic mass is 32.1. The molecule has 0 aliphatic carbocycles. The Morgan fingerprint density at radius 2 is 1.89 bits per heavy atom. The molecule has 182 valence electrons. The van der Waals surface area contributed by atoms with E-state index in [4.69, 9.17) is 4.98 Å². The van der Waals surface area contributed by atoms with E-state index in [-0.39, 0.29) is 11.7 Å². The van der Waals surface area contributed by atoms with Crippen molar-refractivity contribution in [3.05, 3.63) is 77.4 Å². The number of rotatable bonds is 7. The van der Waals surface area contributed by atoms with E-state index in [1.807, 2.05) is 49.0 Å². The Kier molecular flexibility index (Phi) is 6.43. The third-order valence-electron chi connectivity index (χ3n) is 5.61. The molecule has 0 saturated carbocycles. The maximum atomic E-state index is 13.4. The van der Waals surface area contributed by atoms with Crippen molar-refractivity contribution >= 4 is 33.3 Å². The van der Waals surface area contributed by atoms with Gasteiger partial charge in [-0.25, -0.2) is 9.97 Å². The Morgan fingerprint density at radius 1 is 1.11 bits per heavy atom. The van der Waals surface area contributed by atoms with Gasteiger partial charge in [-0.3, -0.25) is 14.8 Å². The highest BCUT2D eigenvalue weighted by Gasteiger charge is 2.18. The summed E-state index contributed by atoms with van der Waals surface area (Å²) in [5.41, 5.74) is 4.88. The molecule has 1 N–H and O–H groups in total. The van der Waals surface area contributed by atoms with Crippen molar-refractivity contribution < 1.29 is 18.3 Å². The minimum absolute atomic E-state index is 0.0672. The van der Waals surface area contributed by atoms with Gasteiger partial charge in [0.05, 0.1) is 28.2 Å². The monoisotopic (exact) mass is 505 g/mol. The zero-order valence-corrected chi connectivity index (χ0v) is 20.2. The number of aryl methyl sites for hydroxylation is 2. The Morgan fingerprint density at radius 3 is 2.61 bits per heavy atom. The number of nitrogens with one attached hydrogen (secondary N) is 1. The number of amides is 1. The zero-order chi connectivity index (χ0) is 25.2. The van der Waals surface area contributed by atoms with Crippen LogP contribution in [0.25, 0.3) is 33.4 Å². The van der Waals surface area contributed by atoms with Crippen LogP contribution in [0.15, 0.2) is 66.2 Å². The summed E-state index contributed by atoms with van der Waals surface area (Å²) in [4.78, 5) is 22.6. The molecular formula is C26H21F2N5O2S. The number of para-hydroxylation sites is 1. The van der Waals surface area contributed by atoms with E-state index in [0.717, 1.165) is 23.2 Å². The van der Waals surface area contributed by atoms with Crippen molar-refractivity contribution in [2.24, 2.45) is 0 Å². The van der Waals surface area contributed by atoms with Gasteiger partial charge in [-0.1, -0.05) is 18.2 Å². The lowest BCUT2D eigenvalue weighted by atomic mass is 10.0. The molecule has 0 aliphatic rings. The first kappa shape index (κ1) is 23.6. The number of halogens is 2. The number of benzene rings is 2. The summed E-state index contributed by atoms with van der Waals surface area (Å²) in [5.74, 6) is -0.241. The molecule has 7 nitrogen and oxygen atoms in total. The van der Waals surface area contributed by atoms with Crippen molar-refractivity contribution in [1.29, 1.82) is 0 Å². The number of carbonyl (C=O) groups excluding carboxylic acids is 1. The lowest BCUT2D eigenvalue weighted by Crippen LogP contribution is -2.13. The van der Waals surface area contributed by atoms with Gasteiger partial charge in [0.15, 0.2) is 5.13 Å². The van der Waals surface area contributed by atoms with Gasteiger partial charge < -0.3 is 4.74 Å². The maximum Gasteiger partial charge on any atom is 0.387 e. The van der Waals surface area contributed by atoms with Crippen molar-refractivity contribution in [2.45, 2.75) is 27.0 Å². The van der Waals surface area contributed by atoms with Gasteiger partial charge in [0.25, 0.3) is 5.91 Å². The van der Waals surface area contributed by atoms with E-state index in [1.165, 1.54) is 23.5 Å². The van der Waals surface area contributed by atoms with Crippen molar-refractivity contribution in [3.8, 4) is 28.3 Å². The SMILES string of the molecule is CCn1cc(-c2cc(C(=O)Nc3nc(-c4ccc(OC(F)F)cc4)cs3)c3ccccc3n2)c(C)n1. The normalized spacial score (nSPS) is 11.2. The fourth-order valence-corrected chi connectivity index (χ4v) is 4.58. The van der Waals surface area contributed by atoms with Crippen LogP contribution < -0.4 is 10.1 Å². The Bertz CT molecular complexity index is 1550. The molecule has 3 heterocycles. The van der Waals surface area contributed by atoms with Crippen LogP contribution in [-0.4, -0.2) is 32.3 Å². The lowest BCUT2D eigenvalue weighted by molar-refractivity contribution is -0.0498. The van der Waals surface area contributed by atoms with Gasteiger partial charge in [0.1, 0.15) is 5.75 Å². The van der Waals surface area contributed by atoms with Gasteiger partial charge >= 0.3 is 6.61 Å². The van der Waals surface area contributed by atoms with Crippen molar-refractivity contribution in [1.82, 2.24) is 19.7 Å². The molecule has 1 amide bonds. The largest absolute Gasteiger partial charge is 0.435 e. The Hall–Kier alpha value is -4.18. The quantitative estimate of drug-likeness (QED) is 0.277. The average Bonchev–Trinajstić information content (AvgIpc) is 3.49. The number of nitrogens with zero attached hydrogens (tertiary/aromatic N) is 4. The number of hydrogen-bond acceptors (Lipinski definition) is 6. The number of ether oxygens (including phenoxy) is 1. The molecule has 5 aromatic rings. The van der Waals surface area contributed by atoms with E-state index < -0.39 is 6.61 Å². The van der Waals surface area contributed by atoms with Gasteiger partial charge in [-0.2, -0.15) is 13.9 Å². The first-order valence-electron chi connectivity index (χ1n) is 11.2. The lowest BCUT2D eigenvalue weighted by Gasteiger charge is -2.09. The predicted molar refractivity (Wildman–Crippen MR) is 136 cm³/mol. The first-order valence-corrected chi connectivity index (χ1v) is 12.1. The molecule has 0 unspecified atom stereocenters. The second-order valence-corrected chi connectivity index (χ2v) is 8.81. The highest BCUT2D eigenvalue weighted by molar-refractivity contribution is 7.14. The maximum absolute atomic E-state index is 13.4. The van der Waals surface area contributed by atoms with Crippen LogP contribution in [0.4, 0.5) is 13.9 Å². The summed E-state index contributed by atoms with van der Waals surface area (Å²) in [5, 5.41) is 10.3. The van der Waals surface area contributed by atoms with Gasteiger partial charge in [0.2, 0.25) is 0 Å². The number of pyridine rings is 1. The third-order valence-corrected chi connectivity index (χ3v) is 6.36. The van der Waals surface area contributed by atoms with Gasteiger partial charge in [0, 0.05) is 34.6 Å². The smallest absolute Gasteiger partial charge is 0.387 e. The second-order valence-electron chi connectivity index (χ2n) is 7.95. The van der Waals surface area contributed by atoms with E-state index in [9.17, 15) is 13.6 Å². The summed E-state index contributed by atoms with van der Waals surface area (Å²) in [6, 6.07) is 15.4. The molecule has 0 bridgehead atoms. The van der Waals surface area contributed by atoms with Crippen LogP contribution in [0, 0.1) is 6.92 Å². The van der Waals surface area contributed by atoms with E-state index >= 15 is 0 Å². The number of aromatic nitrogens is 4. The molecule has 0 fully saturated rings. The van der Waals surface area contributed by atoms with Gasteiger partial charge in [-0.15, -0.1) is 11.3 Å². The summed E-state index contributed by atoms with van der Waals surface area (Å²) < 4.78 is 31.0. The molecule has 36 heavy (non-hydrogen) atoms. The number of hydrogen-bond donors (Lipinski definition) is 1. The molecule has 0 spiro atoms. The first-order chi connectivity index (χ1) is 17.4. The summed E-state index contributed by atoms with van der Waals surface area (Å²) >= 11 is 1.27. The molecule has 0 aliphatic heterocycles. The number of anilines is 1. The minimum Gasteiger partial charge on any atom is -0.435 e. The fraction of sp³-hybridized carbons (Fsp3) is 0.154. The van der Waals surface area contributed by atoms with E-state index in [0.29, 0.717) is 33.2 Å². The van der Waals surface area contributed by atoms with E-state index in [2.05, 4.69) is 20.1 Å². The van der Waals surface area contributed by atoms with Crippen LogP contribution >= 0.6 is 11.3 Å². The summed E-state index contributed by atoms with van der Waals surface area (Å²) in [6.07, 6.45) is 1.93. The van der Waals surface area contributed by atoms with Crippen LogP contribution in [-0.2, 0) is 6.54 Å². The molecule has 2 aromatic carbocycles. The number of thiazole rings is 1. The molecular weight excluding hydrogens is 484 g/mol. The topological polar surface area (TPSA) is 81.9 Å². The van der Waals surface area contributed by atoms with Crippen molar-refractivity contribution in [2.75, 3.05) is 5.32 Å². The van der Waals surface area contributed by atoms with Gasteiger partial charge in [-0.05, 0) is 50.2 Å². The highest BCUT2D eigenvalue weighted by Crippen LogP contribution is 2.30. The van der Waals surface area contributed by atoms with Crippen molar-refractivity contribution in [3.63, 3.8) is 0 Å². The van der Waals surface area contributed by atoms with E-state index in [1.54, 1.807) is 23.6 Å². The summed E-state index contributed by atoms with van der Waals surface area (Å²) in [6.45, 7) is 1.78. The Balaban J connectivity index is 1.43. The fourth-order valence-electron chi connectivity index (χ4n) is 3.87. The molecule has 5 rings (SSSR count). The predicted octanol–water partition coefficient (Wildman–Crippen LogP) is 6.40. The third kappa shape index (κ3) is 4.80. The molecule has 0 atom stereocenters. The Labute approximate surface area is 209 Å². The zero-order valence-electron chi connectivity index (χ0n) is 19.4. The molecule has 0 radical (unpaired) electrons. The van der Waals surface area contributed by atoms with Crippen LogP contribution in [0.1, 0.15) is 23.0 Å². The molecule has 10 heteroatoms. The average molecular weight is 506 g/mol. The minimum atomic E-state index is -2.88. The standard InChI is InChI=1S/C26H21F2N5O2S/c1-3-33-13-20(15(2)32-33)22-12-19(18-6-4-5-7-21(18)29-22)24(34)31-26-30-23(14-36-26)16-8-10-17(11-9-16)35-25(27)28/h4-14,25H,3H2,1-2H3,(H,30,31,34). The number of alkyl halides is 2. The van der Waals surface area contributed by atoms with Crippen LogP contribution in [0.2, 0.25) is 0 Å². The second kappa shape index (κ2) is 9.82.